The predicted octanol–water partition coefficient (Wildman–Crippen LogP) is 5.35. The van der Waals surface area contributed by atoms with Gasteiger partial charge in [0.15, 0.2) is 0 Å². The first-order valence-corrected chi connectivity index (χ1v) is 7.94. The summed E-state index contributed by atoms with van der Waals surface area (Å²) in [6.45, 7) is 2.14. The van der Waals surface area contributed by atoms with E-state index in [1.54, 1.807) is 11.3 Å². The van der Waals surface area contributed by atoms with E-state index < -0.39 is 0 Å². The highest BCUT2D eigenvalue weighted by atomic mass is 32.1. The van der Waals surface area contributed by atoms with Crippen molar-refractivity contribution in [3.05, 3.63) is 94.2 Å². The Bertz CT molecular complexity index is 700. The van der Waals surface area contributed by atoms with Crippen LogP contribution in [0, 0.1) is 0 Å². The molecule has 1 heterocycles. The summed E-state index contributed by atoms with van der Waals surface area (Å²) in [7, 11) is 0. The maximum absolute atomic E-state index is 4.99. The first-order valence-electron chi connectivity index (χ1n) is 7.06. The van der Waals surface area contributed by atoms with Crippen molar-refractivity contribution in [2.75, 3.05) is 0 Å². The summed E-state index contributed by atoms with van der Waals surface area (Å²) in [6, 6.07) is 25.2. The van der Waals surface area contributed by atoms with Crippen LogP contribution in [0.4, 0.5) is 0 Å². The van der Waals surface area contributed by atoms with Crippen LogP contribution in [0.2, 0.25) is 0 Å². The number of benzene rings is 2. The van der Waals surface area contributed by atoms with E-state index in [-0.39, 0.29) is 6.04 Å². The zero-order valence-electron chi connectivity index (χ0n) is 11.9. The molecule has 0 spiro atoms. The van der Waals surface area contributed by atoms with Gasteiger partial charge < -0.3 is 0 Å². The molecule has 0 amide bonds. The second kappa shape index (κ2) is 6.51. The first kappa shape index (κ1) is 13.8. The average molecular weight is 291 g/mol. The van der Waals surface area contributed by atoms with Gasteiger partial charge in [-0.3, -0.25) is 4.99 Å². The number of rotatable bonds is 4. The van der Waals surface area contributed by atoms with Gasteiger partial charge in [0, 0.05) is 5.56 Å². The third kappa shape index (κ3) is 3.29. The molecule has 0 saturated heterocycles. The number of aliphatic imine (C=N–C) groups is 1. The summed E-state index contributed by atoms with van der Waals surface area (Å²) in [5, 5.41) is 2.10. The topological polar surface area (TPSA) is 12.4 Å². The standard InChI is InChI=1S/C19H17NS/c1-15(16-9-4-2-5-10-16)20-19(18-13-8-14-21-18)17-11-6-3-7-12-17/h2-15H,1H3. The maximum atomic E-state index is 4.99. The zero-order valence-corrected chi connectivity index (χ0v) is 12.8. The smallest absolute Gasteiger partial charge is 0.0826 e. The van der Waals surface area contributed by atoms with E-state index >= 15 is 0 Å². The molecule has 0 saturated carbocycles. The van der Waals surface area contributed by atoms with Gasteiger partial charge in [0.2, 0.25) is 0 Å². The Balaban J connectivity index is 2.02. The molecule has 21 heavy (non-hydrogen) atoms. The number of hydrogen-bond donors (Lipinski definition) is 0. The van der Waals surface area contributed by atoms with E-state index in [1.165, 1.54) is 16.0 Å². The van der Waals surface area contributed by atoms with Crippen molar-refractivity contribution in [3.63, 3.8) is 0 Å². The van der Waals surface area contributed by atoms with Crippen molar-refractivity contribution in [3.8, 4) is 0 Å². The number of nitrogens with zero attached hydrogens (tertiary/aromatic N) is 1. The van der Waals surface area contributed by atoms with E-state index in [0.29, 0.717) is 0 Å². The Labute approximate surface area is 129 Å². The maximum Gasteiger partial charge on any atom is 0.0826 e. The van der Waals surface area contributed by atoms with Crippen molar-refractivity contribution >= 4 is 17.0 Å². The van der Waals surface area contributed by atoms with Gasteiger partial charge in [0.1, 0.15) is 0 Å². The van der Waals surface area contributed by atoms with Crippen molar-refractivity contribution in [1.82, 2.24) is 0 Å². The van der Waals surface area contributed by atoms with E-state index in [4.69, 9.17) is 4.99 Å². The molecule has 104 valence electrons. The van der Waals surface area contributed by atoms with Crippen molar-refractivity contribution in [2.45, 2.75) is 13.0 Å². The minimum absolute atomic E-state index is 0.142. The lowest BCUT2D eigenvalue weighted by molar-refractivity contribution is 0.821. The summed E-state index contributed by atoms with van der Waals surface area (Å²) in [6.07, 6.45) is 0. The highest BCUT2D eigenvalue weighted by molar-refractivity contribution is 7.12. The Morgan fingerprint density at radius 2 is 1.52 bits per heavy atom. The van der Waals surface area contributed by atoms with E-state index in [0.717, 1.165) is 5.71 Å². The summed E-state index contributed by atoms with van der Waals surface area (Å²) in [5.74, 6) is 0. The molecule has 0 N–H and O–H groups in total. The number of thiophene rings is 1. The van der Waals surface area contributed by atoms with E-state index in [2.05, 4.69) is 73.0 Å². The first-order chi connectivity index (χ1) is 10.3. The van der Waals surface area contributed by atoms with Crippen LogP contribution in [-0.2, 0) is 0 Å². The molecular weight excluding hydrogens is 274 g/mol. The molecule has 1 atom stereocenters. The fourth-order valence-electron chi connectivity index (χ4n) is 2.29. The SMILES string of the molecule is CC(N=C(c1ccccc1)c1cccs1)c1ccccc1. The fraction of sp³-hybridized carbons (Fsp3) is 0.105. The molecule has 0 aliphatic heterocycles. The number of hydrogen-bond acceptors (Lipinski definition) is 2. The normalized spacial score (nSPS) is 13.1. The van der Waals surface area contributed by atoms with Crippen LogP contribution in [0.15, 0.2) is 83.2 Å². The Morgan fingerprint density at radius 3 is 2.14 bits per heavy atom. The molecule has 0 aliphatic rings. The van der Waals surface area contributed by atoms with Gasteiger partial charge in [-0.15, -0.1) is 11.3 Å². The minimum atomic E-state index is 0.142. The van der Waals surface area contributed by atoms with Crippen LogP contribution in [0.25, 0.3) is 0 Å². The molecule has 1 nitrogen and oxygen atoms in total. The molecule has 0 fully saturated rings. The van der Waals surface area contributed by atoms with Gasteiger partial charge in [0.05, 0.1) is 16.6 Å². The highest BCUT2D eigenvalue weighted by Gasteiger charge is 2.10. The zero-order chi connectivity index (χ0) is 14.5. The summed E-state index contributed by atoms with van der Waals surface area (Å²) < 4.78 is 0. The lowest BCUT2D eigenvalue weighted by atomic mass is 10.1. The second-order valence-corrected chi connectivity index (χ2v) is 5.86. The van der Waals surface area contributed by atoms with Gasteiger partial charge >= 0.3 is 0 Å². The molecular formula is C19H17NS. The van der Waals surface area contributed by atoms with Gasteiger partial charge in [0.25, 0.3) is 0 Å². The summed E-state index contributed by atoms with van der Waals surface area (Å²) in [4.78, 5) is 6.20. The third-order valence-electron chi connectivity index (χ3n) is 3.41. The Kier molecular flexibility index (Phi) is 4.27. The summed E-state index contributed by atoms with van der Waals surface area (Å²) >= 11 is 1.73. The van der Waals surface area contributed by atoms with Crippen molar-refractivity contribution in [2.24, 2.45) is 4.99 Å². The quantitative estimate of drug-likeness (QED) is 0.575. The molecule has 0 radical (unpaired) electrons. The van der Waals surface area contributed by atoms with Crippen molar-refractivity contribution < 1.29 is 0 Å². The Hall–Kier alpha value is -2.19. The molecule has 0 aliphatic carbocycles. The lowest BCUT2D eigenvalue weighted by Crippen LogP contribution is -2.03. The molecule has 0 bridgehead atoms. The van der Waals surface area contributed by atoms with Crippen LogP contribution in [0.3, 0.4) is 0 Å². The van der Waals surface area contributed by atoms with Crippen LogP contribution < -0.4 is 0 Å². The van der Waals surface area contributed by atoms with Gasteiger partial charge in [-0.2, -0.15) is 0 Å². The van der Waals surface area contributed by atoms with Crippen LogP contribution in [0.1, 0.15) is 29.0 Å². The minimum Gasteiger partial charge on any atom is -0.275 e. The Morgan fingerprint density at radius 1 is 0.857 bits per heavy atom. The molecule has 1 unspecified atom stereocenters. The predicted molar refractivity (Wildman–Crippen MR) is 91.3 cm³/mol. The molecule has 3 rings (SSSR count). The summed E-state index contributed by atoms with van der Waals surface area (Å²) in [5.41, 5.74) is 3.48. The van der Waals surface area contributed by atoms with Crippen LogP contribution in [-0.4, -0.2) is 5.71 Å². The van der Waals surface area contributed by atoms with Gasteiger partial charge in [-0.25, -0.2) is 0 Å². The molecule has 2 heteroatoms. The van der Waals surface area contributed by atoms with Crippen LogP contribution >= 0.6 is 11.3 Å². The van der Waals surface area contributed by atoms with Crippen LogP contribution in [0.5, 0.6) is 0 Å². The van der Waals surface area contributed by atoms with Crippen molar-refractivity contribution in [1.29, 1.82) is 0 Å². The fourth-order valence-corrected chi connectivity index (χ4v) is 3.03. The van der Waals surface area contributed by atoms with Gasteiger partial charge in [-0.1, -0.05) is 66.7 Å². The van der Waals surface area contributed by atoms with Gasteiger partial charge in [-0.05, 0) is 23.9 Å². The second-order valence-electron chi connectivity index (χ2n) is 4.91. The molecule has 3 aromatic rings. The highest BCUT2D eigenvalue weighted by Crippen LogP contribution is 2.22. The van der Waals surface area contributed by atoms with E-state index in [1.807, 2.05) is 12.1 Å². The molecule has 2 aromatic carbocycles. The average Bonchev–Trinajstić information content (AvgIpc) is 3.08. The van der Waals surface area contributed by atoms with E-state index in [9.17, 15) is 0 Å². The lowest BCUT2D eigenvalue weighted by Gasteiger charge is -2.11. The third-order valence-corrected chi connectivity index (χ3v) is 4.28. The monoisotopic (exact) mass is 291 g/mol. The largest absolute Gasteiger partial charge is 0.275 e. The molecule has 1 aromatic heterocycles.